The standard InChI is InChI=1S/C18H29N3O4S/c1-4-25-15-12-18(19,17(15,2)3)16(22)20-10-11-26(23,24)21-13-14-8-6-5-7-9-14/h5-9,15,21H,4,10-13,19H2,1-3H3,(H,20,22). The minimum atomic E-state index is -3.49. The van der Waals surface area contributed by atoms with Crippen LogP contribution in [0.25, 0.3) is 0 Å². The van der Waals surface area contributed by atoms with E-state index in [-0.39, 0.29) is 30.9 Å². The highest BCUT2D eigenvalue weighted by Gasteiger charge is 2.62. The van der Waals surface area contributed by atoms with Crippen LogP contribution in [0.2, 0.25) is 0 Å². The zero-order valence-electron chi connectivity index (χ0n) is 15.6. The van der Waals surface area contributed by atoms with E-state index in [1.54, 1.807) is 0 Å². The molecule has 2 unspecified atom stereocenters. The second kappa shape index (κ2) is 8.04. The van der Waals surface area contributed by atoms with Crippen LogP contribution >= 0.6 is 0 Å². The van der Waals surface area contributed by atoms with E-state index in [0.717, 1.165) is 5.56 Å². The van der Waals surface area contributed by atoms with Crippen LogP contribution in [0.5, 0.6) is 0 Å². The first-order valence-corrected chi connectivity index (χ1v) is 10.5. The summed E-state index contributed by atoms with van der Waals surface area (Å²) in [6.07, 6.45) is 0.359. The highest BCUT2D eigenvalue weighted by atomic mass is 32.2. The molecule has 1 fully saturated rings. The Labute approximate surface area is 155 Å². The van der Waals surface area contributed by atoms with Crippen LogP contribution in [0.3, 0.4) is 0 Å². The maximum Gasteiger partial charge on any atom is 0.240 e. The number of ether oxygens (including phenoxy) is 1. The summed E-state index contributed by atoms with van der Waals surface area (Å²) in [6, 6.07) is 9.25. The van der Waals surface area contributed by atoms with Gasteiger partial charge >= 0.3 is 0 Å². The highest BCUT2D eigenvalue weighted by molar-refractivity contribution is 7.89. The van der Waals surface area contributed by atoms with Crippen molar-refractivity contribution in [2.45, 2.75) is 45.4 Å². The maximum atomic E-state index is 12.5. The highest BCUT2D eigenvalue weighted by Crippen LogP contribution is 2.49. The van der Waals surface area contributed by atoms with Gasteiger partial charge in [0.2, 0.25) is 15.9 Å². The lowest BCUT2D eigenvalue weighted by Gasteiger charge is -2.57. The molecule has 2 rings (SSSR count). The third kappa shape index (κ3) is 4.43. The molecule has 0 bridgehead atoms. The van der Waals surface area contributed by atoms with E-state index in [4.69, 9.17) is 10.5 Å². The van der Waals surface area contributed by atoms with Gasteiger partial charge in [-0.05, 0) is 12.5 Å². The Morgan fingerprint density at radius 1 is 1.31 bits per heavy atom. The number of nitrogens with two attached hydrogens (primary N) is 1. The van der Waals surface area contributed by atoms with Crippen molar-refractivity contribution in [1.29, 1.82) is 0 Å². The summed E-state index contributed by atoms with van der Waals surface area (Å²) in [5.74, 6) is -0.534. The van der Waals surface area contributed by atoms with Crippen LogP contribution in [-0.2, 0) is 26.1 Å². The van der Waals surface area contributed by atoms with Gasteiger partial charge in [-0.25, -0.2) is 13.1 Å². The van der Waals surface area contributed by atoms with Crippen molar-refractivity contribution in [2.75, 3.05) is 18.9 Å². The molecule has 8 heteroatoms. The third-order valence-corrected chi connectivity index (χ3v) is 6.56. The smallest absolute Gasteiger partial charge is 0.240 e. The summed E-state index contributed by atoms with van der Waals surface area (Å²) in [5, 5.41) is 2.66. The molecule has 2 atom stereocenters. The van der Waals surface area contributed by atoms with Gasteiger partial charge in [0.05, 0.1) is 11.9 Å². The summed E-state index contributed by atoms with van der Waals surface area (Å²) < 4.78 is 32.3. The number of benzene rings is 1. The van der Waals surface area contributed by atoms with Crippen molar-refractivity contribution in [1.82, 2.24) is 10.0 Å². The first-order valence-electron chi connectivity index (χ1n) is 8.82. The van der Waals surface area contributed by atoms with Crippen molar-refractivity contribution in [2.24, 2.45) is 11.1 Å². The molecule has 26 heavy (non-hydrogen) atoms. The fraction of sp³-hybridized carbons (Fsp3) is 0.611. The SMILES string of the molecule is CCOC1CC(N)(C(=O)NCCS(=O)(=O)NCc2ccccc2)C1(C)C. The molecule has 1 aliphatic carbocycles. The van der Waals surface area contributed by atoms with Crippen LogP contribution in [-0.4, -0.2) is 44.9 Å². The largest absolute Gasteiger partial charge is 0.378 e. The molecule has 7 nitrogen and oxygen atoms in total. The fourth-order valence-electron chi connectivity index (χ4n) is 3.14. The molecule has 146 valence electrons. The van der Waals surface area contributed by atoms with Crippen LogP contribution < -0.4 is 15.8 Å². The van der Waals surface area contributed by atoms with Gasteiger partial charge in [-0.3, -0.25) is 4.79 Å². The fourth-order valence-corrected chi connectivity index (χ4v) is 4.04. The number of amides is 1. The van der Waals surface area contributed by atoms with Crippen LogP contribution in [0.4, 0.5) is 0 Å². The molecule has 0 aromatic heterocycles. The summed E-state index contributed by atoms with van der Waals surface area (Å²) in [5.41, 5.74) is 5.60. The average molecular weight is 384 g/mol. The quantitative estimate of drug-likeness (QED) is 0.583. The number of nitrogens with one attached hydrogen (secondary N) is 2. The molecule has 0 spiro atoms. The molecule has 1 aromatic carbocycles. The van der Waals surface area contributed by atoms with Crippen LogP contribution in [0.1, 0.15) is 32.8 Å². The molecule has 0 aliphatic heterocycles. The summed E-state index contributed by atoms with van der Waals surface area (Å²) in [4.78, 5) is 12.5. The van der Waals surface area contributed by atoms with Gasteiger partial charge in [0.1, 0.15) is 5.54 Å². The van der Waals surface area contributed by atoms with Gasteiger partial charge in [-0.1, -0.05) is 44.2 Å². The lowest BCUT2D eigenvalue weighted by molar-refractivity contribution is -0.170. The second-order valence-electron chi connectivity index (χ2n) is 7.22. The molecule has 4 N–H and O–H groups in total. The topological polar surface area (TPSA) is 111 Å². The van der Waals surface area contributed by atoms with E-state index in [1.807, 2.05) is 51.1 Å². The minimum absolute atomic E-state index is 0.0112. The lowest BCUT2D eigenvalue weighted by Crippen LogP contribution is -2.75. The Balaban J connectivity index is 1.80. The predicted molar refractivity (Wildman–Crippen MR) is 101 cm³/mol. The second-order valence-corrected chi connectivity index (χ2v) is 9.15. The molecule has 1 aliphatic rings. The van der Waals surface area contributed by atoms with E-state index < -0.39 is 21.0 Å². The Bertz CT molecular complexity index is 721. The third-order valence-electron chi connectivity index (χ3n) is 5.23. The van der Waals surface area contributed by atoms with Gasteiger partial charge in [-0.2, -0.15) is 0 Å². The van der Waals surface area contributed by atoms with Crippen molar-refractivity contribution < 1.29 is 17.9 Å². The zero-order valence-corrected chi connectivity index (χ0v) is 16.4. The molecular formula is C18H29N3O4S. The lowest BCUT2D eigenvalue weighted by atomic mass is 9.54. The Morgan fingerprint density at radius 3 is 2.54 bits per heavy atom. The zero-order chi connectivity index (χ0) is 19.4. The summed E-state index contributed by atoms with van der Waals surface area (Å²) in [7, 11) is -3.49. The maximum absolute atomic E-state index is 12.5. The number of sulfonamides is 1. The molecule has 0 heterocycles. The van der Waals surface area contributed by atoms with Crippen LogP contribution in [0, 0.1) is 5.41 Å². The number of carbonyl (C=O) groups is 1. The van der Waals surface area contributed by atoms with E-state index in [2.05, 4.69) is 10.0 Å². The van der Waals surface area contributed by atoms with Gasteiger partial charge in [0.15, 0.2) is 0 Å². The number of hydrogen-bond donors (Lipinski definition) is 3. The first kappa shape index (κ1) is 20.8. The normalized spacial score (nSPS) is 24.7. The van der Waals surface area contributed by atoms with Crippen molar-refractivity contribution >= 4 is 15.9 Å². The Morgan fingerprint density at radius 2 is 1.96 bits per heavy atom. The summed E-state index contributed by atoms with van der Waals surface area (Å²) >= 11 is 0. The van der Waals surface area contributed by atoms with Crippen molar-refractivity contribution in [3.05, 3.63) is 35.9 Å². The van der Waals surface area contributed by atoms with Crippen molar-refractivity contribution in [3.8, 4) is 0 Å². The Hall–Kier alpha value is -1.48. The number of rotatable bonds is 9. The molecular weight excluding hydrogens is 354 g/mol. The molecule has 0 radical (unpaired) electrons. The Kier molecular flexibility index (Phi) is 6.44. The molecule has 0 saturated heterocycles. The monoisotopic (exact) mass is 383 g/mol. The molecule has 1 amide bonds. The van der Waals surface area contributed by atoms with Gasteiger partial charge in [0.25, 0.3) is 0 Å². The van der Waals surface area contributed by atoms with E-state index >= 15 is 0 Å². The molecule has 1 aromatic rings. The van der Waals surface area contributed by atoms with Crippen LogP contribution in [0.15, 0.2) is 30.3 Å². The van der Waals surface area contributed by atoms with Crippen molar-refractivity contribution in [3.63, 3.8) is 0 Å². The first-order chi connectivity index (χ1) is 12.1. The summed E-state index contributed by atoms with van der Waals surface area (Å²) in [6.45, 7) is 6.50. The number of carbonyl (C=O) groups excluding carboxylic acids is 1. The van der Waals surface area contributed by atoms with E-state index in [0.29, 0.717) is 13.0 Å². The van der Waals surface area contributed by atoms with E-state index in [9.17, 15) is 13.2 Å². The minimum Gasteiger partial charge on any atom is -0.378 e. The van der Waals surface area contributed by atoms with E-state index in [1.165, 1.54) is 0 Å². The average Bonchev–Trinajstić information content (AvgIpc) is 2.60. The predicted octanol–water partition coefficient (Wildman–Crippen LogP) is 0.755. The van der Waals surface area contributed by atoms with Gasteiger partial charge in [-0.15, -0.1) is 0 Å². The number of hydrogen-bond acceptors (Lipinski definition) is 5. The molecule has 1 saturated carbocycles. The van der Waals surface area contributed by atoms with Gasteiger partial charge in [0, 0.05) is 31.5 Å². The van der Waals surface area contributed by atoms with Gasteiger partial charge < -0.3 is 15.8 Å².